The van der Waals surface area contributed by atoms with Gasteiger partial charge in [0.2, 0.25) is 5.91 Å². The number of likely N-dealkylation sites (tertiary alicyclic amines) is 2. The molecule has 2 N–H and O–H groups in total. The summed E-state index contributed by atoms with van der Waals surface area (Å²) in [4.78, 5) is 16.6. The molecule has 2 aliphatic heterocycles. The van der Waals surface area contributed by atoms with Crippen molar-refractivity contribution in [1.29, 1.82) is 0 Å². The van der Waals surface area contributed by atoms with Gasteiger partial charge in [-0.15, -0.1) is 0 Å². The van der Waals surface area contributed by atoms with Crippen molar-refractivity contribution >= 4 is 5.91 Å². The van der Waals surface area contributed by atoms with Crippen LogP contribution >= 0.6 is 0 Å². The molecular formula is C14H27N3O. The van der Waals surface area contributed by atoms with Crippen molar-refractivity contribution in [2.45, 2.75) is 38.5 Å². The molecule has 2 fully saturated rings. The summed E-state index contributed by atoms with van der Waals surface area (Å²) in [5.74, 6) is 1.10. The van der Waals surface area contributed by atoms with Crippen molar-refractivity contribution in [2.75, 3.05) is 39.3 Å². The number of nitrogens with zero attached hydrogens (tertiary/aromatic N) is 2. The highest BCUT2D eigenvalue weighted by Gasteiger charge is 2.22. The van der Waals surface area contributed by atoms with Crippen LogP contribution in [0.1, 0.15) is 38.5 Å². The number of piperidine rings is 1. The minimum atomic E-state index is 0.355. The number of carbonyl (C=O) groups excluding carboxylic acids is 1. The number of hydrogen-bond donors (Lipinski definition) is 1. The van der Waals surface area contributed by atoms with Crippen LogP contribution in [0, 0.1) is 5.92 Å². The number of rotatable bonds is 5. The molecule has 4 nitrogen and oxygen atoms in total. The Balaban J connectivity index is 1.64. The molecule has 104 valence electrons. The maximum Gasteiger partial charge on any atom is 0.223 e. The Kier molecular flexibility index (Phi) is 5.45. The maximum atomic E-state index is 12.1. The second-order valence-corrected chi connectivity index (χ2v) is 5.70. The standard InChI is InChI=1S/C14H27N3O/c15-7-3-13-4-11-17(12-5-13)14(18)6-10-16-8-1-2-9-16/h13H,1-12,15H2. The molecule has 0 aliphatic carbocycles. The van der Waals surface area contributed by atoms with Gasteiger partial charge in [0.15, 0.2) is 0 Å². The van der Waals surface area contributed by atoms with Crippen LogP contribution in [-0.2, 0) is 4.79 Å². The lowest BCUT2D eigenvalue weighted by Gasteiger charge is -2.32. The molecule has 1 amide bonds. The average Bonchev–Trinajstić information content (AvgIpc) is 2.90. The van der Waals surface area contributed by atoms with Gasteiger partial charge >= 0.3 is 0 Å². The second-order valence-electron chi connectivity index (χ2n) is 5.70. The molecule has 0 aromatic rings. The number of nitrogens with two attached hydrogens (primary N) is 1. The van der Waals surface area contributed by atoms with Gasteiger partial charge in [-0.25, -0.2) is 0 Å². The Labute approximate surface area is 110 Å². The lowest BCUT2D eigenvalue weighted by molar-refractivity contribution is -0.132. The van der Waals surface area contributed by atoms with Crippen LogP contribution in [-0.4, -0.2) is 55.0 Å². The Morgan fingerprint density at radius 2 is 1.78 bits per heavy atom. The molecule has 2 aliphatic rings. The van der Waals surface area contributed by atoms with E-state index in [2.05, 4.69) is 9.80 Å². The van der Waals surface area contributed by atoms with E-state index < -0.39 is 0 Å². The predicted molar refractivity (Wildman–Crippen MR) is 73.3 cm³/mol. The summed E-state index contributed by atoms with van der Waals surface area (Å²) < 4.78 is 0. The van der Waals surface area contributed by atoms with Gasteiger partial charge in [0.1, 0.15) is 0 Å². The van der Waals surface area contributed by atoms with E-state index in [1.807, 2.05) is 0 Å². The molecule has 0 aromatic heterocycles. The van der Waals surface area contributed by atoms with Gasteiger partial charge in [-0.1, -0.05) is 0 Å². The van der Waals surface area contributed by atoms with E-state index in [4.69, 9.17) is 5.73 Å². The monoisotopic (exact) mass is 253 g/mol. The minimum absolute atomic E-state index is 0.355. The van der Waals surface area contributed by atoms with Gasteiger partial charge in [0.25, 0.3) is 0 Å². The minimum Gasteiger partial charge on any atom is -0.343 e. The molecular weight excluding hydrogens is 226 g/mol. The first kappa shape index (κ1) is 13.8. The van der Waals surface area contributed by atoms with E-state index in [-0.39, 0.29) is 0 Å². The molecule has 0 bridgehead atoms. The van der Waals surface area contributed by atoms with Crippen molar-refractivity contribution in [3.63, 3.8) is 0 Å². The number of hydrogen-bond acceptors (Lipinski definition) is 3. The maximum absolute atomic E-state index is 12.1. The molecule has 0 radical (unpaired) electrons. The summed E-state index contributed by atoms with van der Waals surface area (Å²) in [6.07, 6.45) is 6.73. The molecule has 0 aromatic carbocycles. The zero-order chi connectivity index (χ0) is 12.8. The first-order valence-corrected chi connectivity index (χ1v) is 7.50. The van der Waals surface area contributed by atoms with Gasteiger partial charge in [-0.2, -0.15) is 0 Å². The van der Waals surface area contributed by atoms with Crippen molar-refractivity contribution < 1.29 is 4.79 Å². The molecule has 0 spiro atoms. The van der Waals surface area contributed by atoms with Crippen LogP contribution in [0.5, 0.6) is 0 Å². The average molecular weight is 253 g/mol. The third kappa shape index (κ3) is 3.95. The zero-order valence-corrected chi connectivity index (χ0v) is 11.4. The zero-order valence-electron chi connectivity index (χ0n) is 11.4. The molecule has 0 atom stereocenters. The smallest absolute Gasteiger partial charge is 0.223 e. The van der Waals surface area contributed by atoms with Gasteiger partial charge in [-0.3, -0.25) is 4.79 Å². The van der Waals surface area contributed by atoms with E-state index in [1.54, 1.807) is 0 Å². The fourth-order valence-corrected chi connectivity index (χ4v) is 3.12. The Bertz CT molecular complexity index is 256. The molecule has 2 saturated heterocycles. The first-order chi connectivity index (χ1) is 8.79. The van der Waals surface area contributed by atoms with Gasteiger partial charge in [0.05, 0.1) is 0 Å². The summed E-state index contributed by atoms with van der Waals surface area (Å²) >= 11 is 0. The largest absolute Gasteiger partial charge is 0.343 e. The highest BCUT2D eigenvalue weighted by Crippen LogP contribution is 2.20. The van der Waals surface area contributed by atoms with Crippen LogP contribution in [0.2, 0.25) is 0 Å². The van der Waals surface area contributed by atoms with Crippen molar-refractivity contribution in [3.8, 4) is 0 Å². The SMILES string of the molecule is NCCC1CCN(C(=O)CCN2CCCC2)CC1. The molecule has 2 rings (SSSR count). The van der Waals surface area contributed by atoms with Gasteiger partial charge in [0, 0.05) is 26.1 Å². The quantitative estimate of drug-likeness (QED) is 0.797. The fourth-order valence-electron chi connectivity index (χ4n) is 3.12. The first-order valence-electron chi connectivity index (χ1n) is 7.50. The molecule has 2 heterocycles. The van der Waals surface area contributed by atoms with Crippen LogP contribution in [0.4, 0.5) is 0 Å². The van der Waals surface area contributed by atoms with Gasteiger partial charge < -0.3 is 15.5 Å². The third-order valence-corrected chi connectivity index (χ3v) is 4.38. The second kappa shape index (κ2) is 7.10. The molecule has 0 unspecified atom stereocenters. The van der Waals surface area contributed by atoms with E-state index in [0.29, 0.717) is 12.3 Å². The predicted octanol–water partition coefficient (Wildman–Crippen LogP) is 1.06. The van der Waals surface area contributed by atoms with Crippen molar-refractivity contribution in [3.05, 3.63) is 0 Å². The molecule has 0 saturated carbocycles. The number of carbonyl (C=O) groups is 1. The fraction of sp³-hybridized carbons (Fsp3) is 0.929. The van der Waals surface area contributed by atoms with E-state index in [1.165, 1.54) is 25.9 Å². The van der Waals surface area contributed by atoms with Crippen LogP contribution in [0.25, 0.3) is 0 Å². The third-order valence-electron chi connectivity index (χ3n) is 4.38. The van der Waals surface area contributed by atoms with Crippen LogP contribution < -0.4 is 5.73 Å². The van der Waals surface area contributed by atoms with Crippen LogP contribution in [0.15, 0.2) is 0 Å². The van der Waals surface area contributed by atoms with E-state index in [0.717, 1.165) is 51.4 Å². The summed E-state index contributed by atoms with van der Waals surface area (Å²) in [6.45, 7) is 6.01. The Hall–Kier alpha value is -0.610. The summed E-state index contributed by atoms with van der Waals surface area (Å²) in [5.41, 5.74) is 5.59. The molecule has 4 heteroatoms. The Morgan fingerprint density at radius 1 is 1.11 bits per heavy atom. The van der Waals surface area contributed by atoms with Crippen LogP contribution in [0.3, 0.4) is 0 Å². The summed E-state index contributed by atoms with van der Waals surface area (Å²) in [7, 11) is 0. The topological polar surface area (TPSA) is 49.6 Å². The molecule has 18 heavy (non-hydrogen) atoms. The van der Waals surface area contributed by atoms with Crippen molar-refractivity contribution in [1.82, 2.24) is 9.80 Å². The lowest BCUT2D eigenvalue weighted by Crippen LogP contribution is -2.40. The Morgan fingerprint density at radius 3 is 2.39 bits per heavy atom. The number of amides is 1. The normalized spacial score (nSPS) is 22.6. The summed E-state index contributed by atoms with van der Waals surface area (Å²) in [6, 6.07) is 0. The lowest BCUT2D eigenvalue weighted by atomic mass is 9.93. The highest BCUT2D eigenvalue weighted by atomic mass is 16.2. The van der Waals surface area contributed by atoms with E-state index >= 15 is 0 Å². The summed E-state index contributed by atoms with van der Waals surface area (Å²) in [5, 5.41) is 0. The van der Waals surface area contributed by atoms with Gasteiger partial charge in [-0.05, 0) is 57.7 Å². The highest BCUT2D eigenvalue weighted by molar-refractivity contribution is 5.76. The van der Waals surface area contributed by atoms with Crippen molar-refractivity contribution in [2.24, 2.45) is 11.7 Å². The van der Waals surface area contributed by atoms with E-state index in [9.17, 15) is 4.79 Å².